The highest BCUT2D eigenvalue weighted by molar-refractivity contribution is 6.34. The van der Waals surface area contributed by atoms with Crippen molar-refractivity contribution < 1.29 is 9.59 Å². The van der Waals surface area contributed by atoms with Crippen LogP contribution in [0.4, 0.5) is 0 Å². The van der Waals surface area contributed by atoms with E-state index in [1.807, 2.05) is 6.92 Å². The first-order valence-electron chi connectivity index (χ1n) is 7.42. The van der Waals surface area contributed by atoms with Gasteiger partial charge < -0.3 is 15.1 Å². The van der Waals surface area contributed by atoms with Crippen LogP contribution in [0.5, 0.6) is 0 Å². The summed E-state index contributed by atoms with van der Waals surface area (Å²) in [7, 11) is 0. The summed E-state index contributed by atoms with van der Waals surface area (Å²) in [6.07, 6.45) is 2.09. The number of nitrogens with one attached hydrogen (secondary N) is 1. The largest absolute Gasteiger partial charge is 0.334 e. The fraction of sp³-hybridized carbons (Fsp3) is 0.857. The SMILES string of the molecule is CCC(CC)CN(CC)C(=O)C(=O)N1CCNCC1. The van der Waals surface area contributed by atoms with Crippen LogP contribution in [0.25, 0.3) is 0 Å². The number of likely N-dealkylation sites (N-methyl/N-ethyl adjacent to an activating group) is 1. The Kier molecular flexibility index (Phi) is 6.84. The number of nitrogens with zero attached hydrogens (tertiary/aromatic N) is 2. The van der Waals surface area contributed by atoms with E-state index in [0.29, 0.717) is 32.1 Å². The van der Waals surface area contributed by atoms with Crippen LogP contribution in [0.15, 0.2) is 0 Å². The highest BCUT2D eigenvalue weighted by Gasteiger charge is 2.27. The summed E-state index contributed by atoms with van der Waals surface area (Å²) >= 11 is 0. The summed E-state index contributed by atoms with van der Waals surface area (Å²) in [6, 6.07) is 0. The Bertz CT molecular complexity index is 297. The van der Waals surface area contributed by atoms with Crippen LogP contribution in [-0.4, -0.2) is 60.9 Å². The van der Waals surface area contributed by atoms with Crippen LogP contribution in [0.3, 0.4) is 0 Å². The second kappa shape index (κ2) is 8.15. The summed E-state index contributed by atoms with van der Waals surface area (Å²) in [5.74, 6) is -0.190. The van der Waals surface area contributed by atoms with Gasteiger partial charge in [0.1, 0.15) is 0 Å². The fourth-order valence-electron chi connectivity index (χ4n) is 2.35. The third-order valence-corrected chi connectivity index (χ3v) is 3.89. The van der Waals surface area contributed by atoms with Crippen molar-refractivity contribution in [2.75, 3.05) is 39.3 Å². The first kappa shape index (κ1) is 16.0. The molecule has 1 aliphatic heterocycles. The molecule has 0 atom stereocenters. The molecule has 1 N–H and O–H groups in total. The zero-order valence-electron chi connectivity index (χ0n) is 12.4. The predicted molar refractivity (Wildman–Crippen MR) is 75.8 cm³/mol. The van der Waals surface area contributed by atoms with E-state index in [2.05, 4.69) is 19.2 Å². The highest BCUT2D eigenvalue weighted by Crippen LogP contribution is 2.10. The lowest BCUT2D eigenvalue weighted by Gasteiger charge is -2.30. The van der Waals surface area contributed by atoms with Gasteiger partial charge >= 0.3 is 11.8 Å². The van der Waals surface area contributed by atoms with Crippen molar-refractivity contribution in [1.82, 2.24) is 15.1 Å². The Morgan fingerprint density at radius 1 is 1.16 bits per heavy atom. The van der Waals surface area contributed by atoms with Crippen LogP contribution < -0.4 is 5.32 Å². The molecule has 0 aromatic heterocycles. The molecule has 1 heterocycles. The van der Waals surface area contributed by atoms with Gasteiger partial charge in [-0.2, -0.15) is 0 Å². The monoisotopic (exact) mass is 269 g/mol. The molecule has 5 heteroatoms. The molecule has 1 aliphatic rings. The second-order valence-electron chi connectivity index (χ2n) is 5.07. The van der Waals surface area contributed by atoms with Crippen molar-refractivity contribution in [1.29, 1.82) is 0 Å². The molecule has 0 aliphatic carbocycles. The third-order valence-electron chi connectivity index (χ3n) is 3.89. The minimum atomic E-state index is -0.339. The van der Waals surface area contributed by atoms with E-state index in [-0.39, 0.29) is 11.8 Å². The molecule has 1 rings (SSSR count). The van der Waals surface area contributed by atoms with Gasteiger partial charge in [-0.05, 0) is 12.8 Å². The van der Waals surface area contributed by atoms with Gasteiger partial charge in [-0.3, -0.25) is 9.59 Å². The second-order valence-corrected chi connectivity index (χ2v) is 5.07. The minimum absolute atomic E-state index is 0.337. The topological polar surface area (TPSA) is 52.7 Å². The molecule has 1 saturated heterocycles. The van der Waals surface area contributed by atoms with Crippen LogP contribution in [0, 0.1) is 5.92 Å². The van der Waals surface area contributed by atoms with E-state index in [1.54, 1.807) is 9.80 Å². The zero-order valence-corrected chi connectivity index (χ0v) is 12.4. The Hall–Kier alpha value is -1.10. The average Bonchev–Trinajstić information content (AvgIpc) is 2.48. The number of rotatable bonds is 5. The van der Waals surface area contributed by atoms with Crippen LogP contribution in [0.1, 0.15) is 33.6 Å². The van der Waals surface area contributed by atoms with Crippen molar-refractivity contribution in [3.63, 3.8) is 0 Å². The maximum atomic E-state index is 12.3. The van der Waals surface area contributed by atoms with Crippen LogP contribution >= 0.6 is 0 Å². The molecule has 0 spiro atoms. The predicted octanol–water partition coefficient (Wildman–Crippen LogP) is 0.703. The Balaban J connectivity index is 2.58. The van der Waals surface area contributed by atoms with E-state index in [0.717, 1.165) is 25.9 Å². The van der Waals surface area contributed by atoms with Crippen molar-refractivity contribution in [2.24, 2.45) is 5.92 Å². The zero-order chi connectivity index (χ0) is 14.3. The van der Waals surface area contributed by atoms with Gasteiger partial charge in [0.2, 0.25) is 0 Å². The van der Waals surface area contributed by atoms with E-state index in [4.69, 9.17) is 0 Å². The third kappa shape index (κ3) is 4.49. The molecule has 110 valence electrons. The first-order chi connectivity index (χ1) is 9.13. The van der Waals surface area contributed by atoms with E-state index in [9.17, 15) is 9.59 Å². The number of piperazine rings is 1. The van der Waals surface area contributed by atoms with Crippen molar-refractivity contribution >= 4 is 11.8 Å². The molecule has 0 aromatic rings. The van der Waals surface area contributed by atoms with Crippen LogP contribution in [0.2, 0.25) is 0 Å². The highest BCUT2D eigenvalue weighted by atomic mass is 16.2. The van der Waals surface area contributed by atoms with Gasteiger partial charge in [0.25, 0.3) is 0 Å². The summed E-state index contributed by atoms with van der Waals surface area (Å²) in [5.41, 5.74) is 0. The van der Waals surface area contributed by atoms with Gasteiger partial charge in [0, 0.05) is 39.3 Å². The van der Waals surface area contributed by atoms with Gasteiger partial charge in [0.05, 0.1) is 0 Å². The van der Waals surface area contributed by atoms with Crippen LogP contribution in [-0.2, 0) is 9.59 Å². The molecule has 2 amide bonds. The maximum absolute atomic E-state index is 12.3. The number of carbonyl (C=O) groups is 2. The Labute approximate surface area is 116 Å². The van der Waals surface area contributed by atoms with Gasteiger partial charge in [-0.15, -0.1) is 0 Å². The smallest absolute Gasteiger partial charge is 0.312 e. The molecule has 0 radical (unpaired) electrons. The average molecular weight is 269 g/mol. The first-order valence-corrected chi connectivity index (χ1v) is 7.42. The maximum Gasteiger partial charge on any atom is 0.312 e. The van der Waals surface area contributed by atoms with E-state index < -0.39 is 0 Å². The summed E-state index contributed by atoms with van der Waals surface area (Å²) in [6.45, 7) is 10.3. The molecule has 0 saturated carbocycles. The van der Waals surface area contributed by atoms with Gasteiger partial charge in [-0.25, -0.2) is 0 Å². The fourth-order valence-corrected chi connectivity index (χ4v) is 2.35. The molecule has 0 bridgehead atoms. The Morgan fingerprint density at radius 3 is 2.21 bits per heavy atom. The lowest BCUT2D eigenvalue weighted by molar-refractivity contribution is -0.152. The molecule has 0 unspecified atom stereocenters. The Morgan fingerprint density at radius 2 is 1.74 bits per heavy atom. The quantitative estimate of drug-likeness (QED) is 0.748. The van der Waals surface area contributed by atoms with Crippen molar-refractivity contribution in [3.8, 4) is 0 Å². The van der Waals surface area contributed by atoms with E-state index >= 15 is 0 Å². The summed E-state index contributed by atoms with van der Waals surface area (Å²) < 4.78 is 0. The lowest BCUT2D eigenvalue weighted by Crippen LogP contribution is -2.52. The standard InChI is InChI=1S/C14H27N3O2/c1-4-12(5-2)11-16(6-3)13(18)14(19)17-9-7-15-8-10-17/h12,15H,4-11H2,1-3H3. The molecule has 19 heavy (non-hydrogen) atoms. The normalized spacial score (nSPS) is 15.7. The number of carbonyl (C=O) groups excluding carboxylic acids is 2. The molecule has 1 fully saturated rings. The number of amides is 2. The van der Waals surface area contributed by atoms with E-state index in [1.165, 1.54) is 0 Å². The molecular formula is C14H27N3O2. The summed E-state index contributed by atoms with van der Waals surface area (Å²) in [5, 5.41) is 3.18. The van der Waals surface area contributed by atoms with Gasteiger partial charge in [-0.1, -0.05) is 26.7 Å². The lowest BCUT2D eigenvalue weighted by atomic mass is 10.0. The summed E-state index contributed by atoms with van der Waals surface area (Å²) in [4.78, 5) is 27.8. The molecular weight excluding hydrogens is 242 g/mol. The number of hydrogen-bond acceptors (Lipinski definition) is 3. The molecule has 0 aromatic carbocycles. The van der Waals surface area contributed by atoms with Crippen molar-refractivity contribution in [3.05, 3.63) is 0 Å². The minimum Gasteiger partial charge on any atom is -0.334 e. The number of hydrogen-bond donors (Lipinski definition) is 1. The van der Waals surface area contributed by atoms with Crippen molar-refractivity contribution in [2.45, 2.75) is 33.6 Å². The van der Waals surface area contributed by atoms with Gasteiger partial charge in [0.15, 0.2) is 0 Å². The molecule has 5 nitrogen and oxygen atoms in total.